The van der Waals surface area contributed by atoms with E-state index in [2.05, 4.69) is 0 Å². The number of hydrogen-bond acceptors (Lipinski definition) is 4. The molecule has 1 aliphatic heterocycles. The Morgan fingerprint density at radius 2 is 2.07 bits per heavy atom. The van der Waals surface area contributed by atoms with Crippen molar-refractivity contribution in [1.29, 1.82) is 0 Å². The van der Waals surface area contributed by atoms with Crippen molar-refractivity contribution in [3.05, 3.63) is 0 Å². The van der Waals surface area contributed by atoms with Crippen LogP contribution in [0.1, 0.15) is 20.8 Å². The van der Waals surface area contributed by atoms with Crippen LogP contribution in [-0.4, -0.2) is 47.8 Å². The predicted octanol–water partition coefficient (Wildman–Crippen LogP) is 0.252. The molecule has 1 aliphatic rings. The average Bonchev–Trinajstić information content (AvgIpc) is 1.91. The first-order chi connectivity index (χ1) is 6.42. The van der Waals surface area contributed by atoms with Crippen molar-refractivity contribution in [2.24, 2.45) is 5.92 Å². The molecule has 1 fully saturated rings. The van der Waals surface area contributed by atoms with Crippen LogP contribution in [0.4, 0.5) is 0 Å². The van der Waals surface area contributed by atoms with Crippen LogP contribution in [0.5, 0.6) is 0 Å². The Morgan fingerprint density at radius 1 is 1.50 bits per heavy atom. The molecule has 0 unspecified atom stereocenters. The Balaban J connectivity index is 2.23. The number of rotatable bonds is 3. The van der Waals surface area contributed by atoms with Crippen LogP contribution in [0.2, 0.25) is 0 Å². The molecule has 1 rings (SSSR count). The second kappa shape index (κ2) is 4.28. The van der Waals surface area contributed by atoms with Crippen LogP contribution in [0.15, 0.2) is 0 Å². The van der Waals surface area contributed by atoms with Gasteiger partial charge in [0, 0.05) is 19.6 Å². The molecule has 0 radical (unpaired) electrons. The van der Waals surface area contributed by atoms with Gasteiger partial charge in [0.25, 0.3) is 0 Å². The van der Waals surface area contributed by atoms with Gasteiger partial charge in [-0.1, -0.05) is 0 Å². The molecule has 0 spiro atoms. The first-order valence-corrected chi connectivity index (χ1v) is 4.98. The number of aliphatic hydroxyl groups excluding tert-OH is 1. The van der Waals surface area contributed by atoms with Gasteiger partial charge in [0.05, 0.1) is 12.5 Å². The second-order valence-corrected chi connectivity index (χ2v) is 4.71. The number of likely N-dealkylation sites (tertiary alicyclic amines) is 1. The smallest absolute Gasteiger partial charge is 0.312 e. The van der Waals surface area contributed by atoms with E-state index in [0.29, 0.717) is 6.54 Å². The fraction of sp³-hybridized carbons (Fsp3) is 0.900. The lowest BCUT2D eigenvalue weighted by Crippen LogP contribution is -2.52. The van der Waals surface area contributed by atoms with Crippen LogP contribution in [-0.2, 0) is 9.53 Å². The maximum Gasteiger partial charge on any atom is 0.312 e. The largest absolute Gasteiger partial charge is 0.460 e. The highest BCUT2D eigenvalue weighted by atomic mass is 16.6. The Morgan fingerprint density at radius 3 is 2.50 bits per heavy atom. The molecule has 0 aromatic rings. The molecule has 0 aromatic heterocycles. The van der Waals surface area contributed by atoms with Crippen molar-refractivity contribution in [3.63, 3.8) is 0 Å². The Labute approximate surface area is 84.8 Å². The van der Waals surface area contributed by atoms with Crippen molar-refractivity contribution < 1.29 is 14.6 Å². The quantitative estimate of drug-likeness (QED) is 0.665. The number of hydrogen-bond donors (Lipinski definition) is 1. The predicted molar refractivity (Wildman–Crippen MR) is 52.9 cm³/mol. The average molecular weight is 201 g/mol. The van der Waals surface area contributed by atoms with Gasteiger partial charge < -0.3 is 9.84 Å². The fourth-order valence-electron chi connectivity index (χ4n) is 1.43. The number of esters is 1. The summed E-state index contributed by atoms with van der Waals surface area (Å²) in [6.45, 7) is 7.85. The van der Waals surface area contributed by atoms with Gasteiger partial charge in [0.1, 0.15) is 5.60 Å². The number of ether oxygens (including phenoxy) is 1. The van der Waals surface area contributed by atoms with Crippen LogP contribution in [0.25, 0.3) is 0 Å². The zero-order valence-electron chi connectivity index (χ0n) is 9.12. The van der Waals surface area contributed by atoms with Crippen molar-refractivity contribution in [1.82, 2.24) is 4.90 Å². The molecule has 4 heteroatoms. The molecule has 82 valence electrons. The molecule has 0 aliphatic carbocycles. The monoisotopic (exact) mass is 201 g/mol. The molecule has 14 heavy (non-hydrogen) atoms. The van der Waals surface area contributed by atoms with Gasteiger partial charge in [-0.15, -0.1) is 0 Å². The van der Waals surface area contributed by atoms with Crippen LogP contribution in [0.3, 0.4) is 0 Å². The van der Waals surface area contributed by atoms with Gasteiger partial charge in [-0.2, -0.15) is 0 Å². The molecule has 1 saturated heterocycles. The molecule has 0 saturated carbocycles. The molecule has 0 bridgehead atoms. The second-order valence-electron chi connectivity index (χ2n) is 4.71. The topological polar surface area (TPSA) is 49.8 Å². The normalized spacial score (nSPS) is 19.1. The number of aliphatic hydroxyl groups is 1. The SMILES string of the molecule is CC(C)(C)OC(=O)C1CN(CCO)C1. The minimum Gasteiger partial charge on any atom is -0.460 e. The summed E-state index contributed by atoms with van der Waals surface area (Å²) in [6, 6.07) is 0. The number of carbonyl (C=O) groups is 1. The van der Waals surface area contributed by atoms with Crippen molar-refractivity contribution >= 4 is 5.97 Å². The molecule has 0 aromatic carbocycles. The summed E-state index contributed by atoms with van der Waals surface area (Å²) in [4.78, 5) is 13.5. The third-order valence-electron chi connectivity index (χ3n) is 2.11. The maximum atomic E-state index is 11.5. The van der Waals surface area contributed by atoms with E-state index in [4.69, 9.17) is 9.84 Å². The van der Waals surface area contributed by atoms with E-state index in [1.54, 1.807) is 0 Å². The third-order valence-corrected chi connectivity index (χ3v) is 2.11. The van der Waals surface area contributed by atoms with E-state index < -0.39 is 5.60 Å². The van der Waals surface area contributed by atoms with E-state index in [1.807, 2.05) is 25.7 Å². The highest BCUT2D eigenvalue weighted by Gasteiger charge is 2.35. The lowest BCUT2D eigenvalue weighted by atomic mass is 10.0. The van der Waals surface area contributed by atoms with Gasteiger partial charge >= 0.3 is 5.97 Å². The fourth-order valence-corrected chi connectivity index (χ4v) is 1.43. The highest BCUT2D eigenvalue weighted by Crippen LogP contribution is 2.19. The molecular weight excluding hydrogens is 182 g/mol. The molecule has 1 heterocycles. The van der Waals surface area contributed by atoms with Gasteiger partial charge in [0.2, 0.25) is 0 Å². The molecule has 0 atom stereocenters. The van der Waals surface area contributed by atoms with Crippen LogP contribution in [0, 0.1) is 5.92 Å². The summed E-state index contributed by atoms with van der Waals surface area (Å²) in [5.74, 6) is -0.118. The summed E-state index contributed by atoms with van der Waals surface area (Å²) in [5.41, 5.74) is -0.394. The highest BCUT2D eigenvalue weighted by molar-refractivity contribution is 5.74. The van der Waals surface area contributed by atoms with Crippen LogP contribution < -0.4 is 0 Å². The Hall–Kier alpha value is -0.610. The summed E-state index contributed by atoms with van der Waals surface area (Å²) in [6.07, 6.45) is 0. The van der Waals surface area contributed by atoms with Gasteiger partial charge in [-0.05, 0) is 20.8 Å². The number of β-amino-alcohol motifs (C(OH)–C–C–N with tert-alkyl or cyclic N) is 1. The molecule has 1 N–H and O–H groups in total. The zero-order valence-corrected chi connectivity index (χ0v) is 9.12. The maximum absolute atomic E-state index is 11.5. The van der Waals surface area contributed by atoms with Gasteiger partial charge in [-0.25, -0.2) is 0 Å². The molecule has 0 amide bonds. The van der Waals surface area contributed by atoms with Gasteiger partial charge in [-0.3, -0.25) is 9.69 Å². The Bertz CT molecular complexity index is 204. The van der Waals surface area contributed by atoms with E-state index in [-0.39, 0.29) is 18.5 Å². The number of carbonyl (C=O) groups excluding carboxylic acids is 1. The molecular formula is C10H19NO3. The zero-order chi connectivity index (χ0) is 10.8. The minimum absolute atomic E-state index is 0.000718. The van der Waals surface area contributed by atoms with E-state index >= 15 is 0 Å². The van der Waals surface area contributed by atoms with Crippen molar-refractivity contribution in [2.45, 2.75) is 26.4 Å². The third kappa shape index (κ3) is 3.27. The summed E-state index contributed by atoms with van der Waals surface area (Å²) in [5, 5.41) is 8.66. The van der Waals surface area contributed by atoms with Gasteiger partial charge in [0.15, 0.2) is 0 Å². The van der Waals surface area contributed by atoms with Crippen molar-refractivity contribution in [3.8, 4) is 0 Å². The molecule has 4 nitrogen and oxygen atoms in total. The standard InChI is InChI=1S/C10H19NO3/c1-10(2,3)14-9(13)8-6-11(7-8)4-5-12/h8,12H,4-7H2,1-3H3. The summed E-state index contributed by atoms with van der Waals surface area (Å²) >= 11 is 0. The van der Waals surface area contributed by atoms with E-state index in [1.165, 1.54) is 0 Å². The van der Waals surface area contributed by atoms with E-state index in [9.17, 15) is 4.79 Å². The Kier molecular flexibility index (Phi) is 3.50. The van der Waals surface area contributed by atoms with Crippen molar-refractivity contribution in [2.75, 3.05) is 26.2 Å². The van der Waals surface area contributed by atoms with Crippen LogP contribution >= 0.6 is 0 Å². The summed E-state index contributed by atoms with van der Waals surface area (Å²) in [7, 11) is 0. The summed E-state index contributed by atoms with van der Waals surface area (Å²) < 4.78 is 5.24. The lowest BCUT2D eigenvalue weighted by Gasteiger charge is -2.38. The number of nitrogens with zero attached hydrogens (tertiary/aromatic N) is 1. The minimum atomic E-state index is -0.394. The van der Waals surface area contributed by atoms with E-state index in [0.717, 1.165) is 13.1 Å². The lowest BCUT2D eigenvalue weighted by molar-refractivity contribution is -0.166. The first kappa shape index (κ1) is 11.5. The first-order valence-electron chi connectivity index (χ1n) is 4.98.